The maximum Gasteiger partial charge on any atom is 0.255 e. The molecule has 1 saturated carbocycles. The summed E-state index contributed by atoms with van der Waals surface area (Å²) >= 11 is 0. The first-order chi connectivity index (χ1) is 16.6. The average Bonchev–Trinajstić information content (AvgIpc) is 3.61. The number of aryl methyl sites for hydroxylation is 1. The van der Waals surface area contributed by atoms with Crippen LogP contribution < -0.4 is 5.32 Å². The normalized spacial score (nSPS) is 30.0. The van der Waals surface area contributed by atoms with Crippen molar-refractivity contribution in [3.8, 4) is 0 Å². The van der Waals surface area contributed by atoms with Crippen molar-refractivity contribution in [2.45, 2.75) is 70.2 Å². The third kappa shape index (κ3) is 4.40. The molecule has 0 aromatic heterocycles. The molecule has 176 valence electrons. The molecule has 1 saturated heterocycles. The minimum absolute atomic E-state index is 0.0761. The third-order valence-electron chi connectivity index (χ3n) is 7.39. The van der Waals surface area contributed by atoms with Gasteiger partial charge in [0.05, 0.1) is 18.3 Å². The number of carbonyl (C=O) groups is 1. The molecule has 34 heavy (non-hydrogen) atoms. The summed E-state index contributed by atoms with van der Waals surface area (Å²) in [6, 6.07) is 19.1. The fourth-order valence-electron chi connectivity index (χ4n) is 5.19. The van der Waals surface area contributed by atoms with Crippen LogP contribution in [0.4, 0.5) is 0 Å². The summed E-state index contributed by atoms with van der Waals surface area (Å²) < 4.78 is 11.9. The lowest BCUT2D eigenvalue weighted by Crippen LogP contribution is -2.52. The Bertz CT molecular complexity index is 1110. The highest BCUT2D eigenvalue weighted by Crippen LogP contribution is 2.40. The van der Waals surface area contributed by atoms with Crippen molar-refractivity contribution in [1.82, 2.24) is 10.2 Å². The third-order valence-corrected chi connectivity index (χ3v) is 7.39. The van der Waals surface area contributed by atoms with Gasteiger partial charge in [-0.1, -0.05) is 60.2 Å². The number of rotatable bonds is 6. The summed E-state index contributed by atoms with van der Waals surface area (Å²) in [4.78, 5) is 20.3. The summed E-state index contributed by atoms with van der Waals surface area (Å²) in [7, 11) is 0. The first kappa shape index (κ1) is 21.6. The lowest BCUT2D eigenvalue weighted by Gasteiger charge is -2.42. The fourth-order valence-corrected chi connectivity index (χ4v) is 5.19. The summed E-state index contributed by atoms with van der Waals surface area (Å²) in [5.74, 6) is 1.09. The molecule has 0 radical (unpaired) electrons. The minimum atomic E-state index is -0.196. The van der Waals surface area contributed by atoms with E-state index in [1.807, 2.05) is 29.3 Å². The van der Waals surface area contributed by atoms with Crippen LogP contribution in [0.5, 0.6) is 0 Å². The SMILES string of the molecule is Cc1ccc(CC2C=NC3=C(CC2)C(=O)N(C2CC(OCc4ccccc4)C2)C2OC2N3)cc1. The number of epoxide rings is 1. The van der Waals surface area contributed by atoms with Gasteiger partial charge in [-0.05, 0) is 56.1 Å². The molecule has 3 aliphatic heterocycles. The maximum atomic E-state index is 13.6. The van der Waals surface area contributed by atoms with Crippen LogP contribution in [0.3, 0.4) is 0 Å². The molecule has 6 heteroatoms. The lowest BCUT2D eigenvalue weighted by atomic mass is 9.87. The number of ether oxygens (including phenoxy) is 2. The van der Waals surface area contributed by atoms with Crippen LogP contribution in [0.25, 0.3) is 0 Å². The highest BCUT2D eigenvalue weighted by Gasteiger charge is 2.54. The Hall–Kier alpha value is -2.96. The van der Waals surface area contributed by atoms with Crippen LogP contribution in [-0.2, 0) is 27.3 Å². The molecule has 1 amide bonds. The van der Waals surface area contributed by atoms with Gasteiger partial charge in [0.15, 0.2) is 12.5 Å². The predicted octanol–water partition coefficient (Wildman–Crippen LogP) is 4.09. The Morgan fingerprint density at radius 2 is 1.88 bits per heavy atom. The van der Waals surface area contributed by atoms with Gasteiger partial charge in [-0.25, -0.2) is 4.99 Å². The molecule has 2 aromatic rings. The molecule has 6 nitrogen and oxygen atoms in total. The first-order valence-corrected chi connectivity index (χ1v) is 12.4. The Morgan fingerprint density at radius 1 is 1.09 bits per heavy atom. The quantitative estimate of drug-likeness (QED) is 0.664. The molecule has 3 heterocycles. The molecule has 3 unspecified atom stereocenters. The molecule has 6 rings (SSSR count). The number of carbonyl (C=O) groups excluding carboxylic acids is 1. The second kappa shape index (κ2) is 9.01. The Balaban J connectivity index is 1.08. The molecular weight excluding hydrogens is 426 g/mol. The van der Waals surface area contributed by atoms with Gasteiger partial charge < -0.3 is 19.7 Å². The van der Waals surface area contributed by atoms with Crippen LogP contribution in [-0.4, -0.2) is 41.6 Å². The predicted molar refractivity (Wildman–Crippen MR) is 130 cm³/mol. The van der Waals surface area contributed by atoms with E-state index in [4.69, 9.17) is 14.5 Å². The highest BCUT2D eigenvalue weighted by molar-refractivity contribution is 5.95. The largest absolute Gasteiger partial charge is 0.373 e. The number of hydrogen-bond acceptors (Lipinski definition) is 5. The molecule has 1 aliphatic carbocycles. The zero-order valence-electron chi connectivity index (χ0n) is 19.5. The second-order valence-electron chi connectivity index (χ2n) is 9.94. The molecule has 0 bridgehead atoms. The number of hydrogen-bond donors (Lipinski definition) is 1. The van der Waals surface area contributed by atoms with E-state index in [0.29, 0.717) is 18.3 Å². The van der Waals surface area contributed by atoms with Gasteiger partial charge in [0.2, 0.25) is 0 Å². The summed E-state index contributed by atoms with van der Waals surface area (Å²) in [6.07, 6.45) is 6.14. The number of aliphatic imine (C=N–C) groups is 1. The number of fused-ring (bicyclic) bond motifs is 1. The van der Waals surface area contributed by atoms with Gasteiger partial charge in [0, 0.05) is 12.3 Å². The number of benzene rings is 2. The van der Waals surface area contributed by atoms with Crippen molar-refractivity contribution in [3.05, 3.63) is 82.7 Å². The van der Waals surface area contributed by atoms with Gasteiger partial charge in [-0.3, -0.25) is 4.79 Å². The zero-order valence-corrected chi connectivity index (χ0v) is 19.5. The smallest absolute Gasteiger partial charge is 0.255 e. The van der Waals surface area contributed by atoms with Gasteiger partial charge in [0.25, 0.3) is 5.91 Å². The Morgan fingerprint density at radius 3 is 2.68 bits per heavy atom. The summed E-state index contributed by atoms with van der Waals surface area (Å²) in [5, 5.41) is 3.37. The minimum Gasteiger partial charge on any atom is -0.373 e. The van der Waals surface area contributed by atoms with Crippen LogP contribution in [0.2, 0.25) is 0 Å². The van der Waals surface area contributed by atoms with Crippen molar-refractivity contribution in [1.29, 1.82) is 0 Å². The van der Waals surface area contributed by atoms with Crippen molar-refractivity contribution in [2.75, 3.05) is 0 Å². The van der Waals surface area contributed by atoms with Gasteiger partial charge >= 0.3 is 0 Å². The monoisotopic (exact) mass is 457 g/mol. The molecule has 3 atom stereocenters. The average molecular weight is 458 g/mol. The fraction of sp³-hybridized carbons (Fsp3) is 0.429. The zero-order chi connectivity index (χ0) is 23.1. The number of nitrogens with one attached hydrogen (secondary N) is 1. The maximum absolute atomic E-state index is 13.6. The van der Waals surface area contributed by atoms with E-state index in [2.05, 4.69) is 48.6 Å². The molecule has 4 aliphatic rings. The van der Waals surface area contributed by atoms with E-state index in [1.54, 1.807) is 0 Å². The van der Waals surface area contributed by atoms with Crippen molar-refractivity contribution in [3.63, 3.8) is 0 Å². The molecular formula is C28H31N3O3. The van der Waals surface area contributed by atoms with Crippen molar-refractivity contribution in [2.24, 2.45) is 10.9 Å². The van der Waals surface area contributed by atoms with Crippen LogP contribution in [0, 0.1) is 12.8 Å². The Kier molecular flexibility index (Phi) is 5.71. The van der Waals surface area contributed by atoms with Gasteiger partial charge in [0.1, 0.15) is 5.82 Å². The lowest BCUT2D eigenvalue weighted by molar-refractivity contribution is -0.140. The van der Waals surface area contributed by atoms with Crippen LogP contribution in [0.15, 0.2) is 71.0 Å². The van der Waals surface area contributed by atoms with Crippen LogP contribution in [0.1, 0.15) is 42.4 Å². The van der Waals surface area contributed by atoms with Crippen molar-refractivity contribution >= 4 is 12.1 Å². The van der Waals surface area contributed by atoms with Gasteiger partial charge in [-0.2, -0.15) is 0 Å². The Labute approximate surface area is 200 Å². The van der Waals surface area contributed by atoms with E-state index in [1.165, 1.54) is 16.7 Å². The second-order valence-corrected chi connectivity index (χ2v) is 9.94. The van der Waals surface area contributed by atoms with Crippen molar-refractivity contribution < 1.29 is 14.3 Å². The molecule has 0 spiro atoms. The van der Waals surface area contributed by atoms with Gasteiger partial charge in [-0.15, -0.1) is 0 Å². The van der Waals surface area contributed by atoms with E-state index < -0.39 is 0 Å². The van der Waals surface area contributed by atoms with E-state index in [0.717, 1.165) is 37.7 Å². The first-order valence-electron chi connectivity index (χ1n) is 12.4. The summed E-state index contributed by atoms with van der Waals surface area (Å²) in [5.41, 5.74) is 4.55. The highest BCUT2D eigenvalue weighted by atomic mass is 16.6. The van der Waals surface area contributed by atoms with E-state index in [9.17, 15) is 4.79 Å². The standard InChI is InChI=1S/C28H31N3O3/c1-18-7-9-19(10-8-18)13-21-11-12-24-25(29-16-21)30-26-28(34-26)31(27(24)32)22-14-23(15-22)33-17-20-5-3-2-4-6-20/h2-10,16,21-23,26,28,30H,11-15,17H2,1H3. The number of nitrogens with zero attached hydrogens (tertiary/aromatic N) is 2. The number of amides is 1. The van der Waals surface area contributed by atoms with E-state index in [-0.39, 0.29) is 30.5 Å². The van der Waals surface area contributed by atoms with Crippen LogP contribution >= 0.6 is 0 Å². The molecule has 2 fully saturated rings. The summed E-state index contributed by atoms with van der Waals surface area (Å²) in [6.45, 7) is 2.72. The van der Waals surface area contributed by atoms with E-state index >= 15 is 0 Å². The molecule has 1 N–H and O–H groups in total. The topological polar surface area (TPSA) is 66.5 Å². The molecule has 2 aromatic carbocycles.